The van der Waals surface area contributed by atoms with Crippen LogP contribution in [0.4, 0.5) is 13.2 Å². The van der Waals surface area contributed by atoms with E-state index in [9.17, 15) is 23.7 Å². The second-order valence-corrected chi connectivity index (χ2v) is 13.4. The van der Waals surface area contributed by atoms with Gasteiger partial charge in [0.05, 0.1) is 28.8 Å². The average Bonchev–Trinajstić information content (AvgIpc) is 3.48. The molecule has 2 fully saturated rings. The molecule has 2 aliphatic rings. The molecule has 0 aliphatic carbocycles. The zero-order valence-electron chi connectivity index (χ0n) is 28.6. The molecule has 0 amide bonds. The van der Waals surface area contributed by atoms with E-state index in [4.69, 9.17) is 5.73 Å². The van der Waals surface area contributed by atoms with Gasteiger partial charge in [-0.25, -0.2) is 0 Å². The van der Waals surface area contributed by atoms with E-state index in [2.05, 4.69) is 72.9 Å². The summed E-state index contributed by atoms with van der Waals surface area (Å²) in [6.45, 7) is 12.0. The fourth-order valence-electron chi connectivity index (χ4n) is 7.09. The molecule has 6 rings (SSSR count). The topological polar surface area (TPSA) is 118 Å². The van der Waals surface area contributed by atoms with Crippen LogP contribution in [0.15, 0.2) is 79.1 Å². The summed E-state index contributed by atoms with van der Waals surface area (Å²) in [5.41, 5.74) is 12.9. The molecule has 2 aliphatic heterocycles. The summed E-state index contributed by atoms with van der Waals surface area (Å²) < 4.78 is 44.9. The molecule has 9 nitrogen and oxygen atoms in total. The van der Waals surface area contributed by atoms with Gasteiger partial charge in [0.1, 0.15) is 5.75 Å². The van der Waals surface area contributed by atoms with Crippen molar-refractivity contribution in [2.45, 2.75) is 50.8 Å². The van der Waals surface area contributed by atoms with Crippen molar-refractivity contribution in [2.24, 2.45) is 5.73 Å². The zero-order chi connectivity index (χ0) is 36.0. The molecule has 0 atom stereocenters. The first-order chi connectivity index (χ1) is 24.5. The number of piperidine rings is 1. The van der Waals surface area contributed by atoms with E-state index < -0.39 is 11.9 Å². The van der Waals surface area contributed by atoms with E-state index in [1.807, 2.05) is 0 Å². The van der Waals surface area contributed by atoms with Crippen LogP contribution in [0.3, 0.4) is 0 Å². The van der Waals surface area contributed by atoms with Gasteiger partial charge in [-0.3, -0.25) is 9.80 Å². The summed E-state index contributed by atoms with van der Waals surface area (Å²) in [6, 6.07) is 22.2. The molecule has 0 spiro atoms. The summed E-state index contributed by atoms with van der Waals surface area (Å²) in [5.74, 6) is -0.257. The number of halogens is 3. The van der Waals surface area contributed by atoms with Crippen LogP contribution in [-0.2, 0) is 19.6 Å². The maximum Gasteiger partial charge on any atom is 0.573 e. The molecule has 2 saturated heterocycles. The van der Waals surface area contributed by atoms with Gasteiger partial charge in [0.2, 0.25) is 0 Å². The molecule has 12 heteroatoms. The summed E-state index contributed by atoms with van der Waals surface area (Å²) in [6.07, 6.45) is -0.164. The summed E-state index contributed by atoms with van der Waals surface area (Å²) in [5, 5.41) is 27.0. The Labute approximate surface area is 296 Å². The standard InChI is InChI=1S/C39H43F3N8O/c1-28(38(45)12-15-46-16-13-38)47-14-3-17-50-27-36(30-7-9-33(10-8-30)51-39(40,41)42)34-22-29(6-11-37(34)50)25-48-18-20-49(21-19-48)26-35-31(23-43)4-2-5-32(35)24-44/h2,4-11,22,27,46-47H,1,3,12-21,25-26,45H2. The predicted molar refractivity (Wildman–Crippen MR) is 191 cm³/mol. The van der Waals surface area contributed by atoms with E-state index >= 15 is 0 Å². The third kappa shape index (κ3) is 8.73. The maximum absolute atomic E-state index is 12.8. The highest BCUT2D eigenvalue weighted by molar-refractivity contribution is 5.96. The molecule has 0 radical (unpaired) electrons. The van der Waals surface area contributed by atoms with Crippen molar-refractivity contribution in [3.63, 3.8) is 0 Å². The highest BCUT2D eigenvalue weighted by Gasteiger charge is 2.31. The Balaban J connectivity index is 1.16. The number of hydrogen-bond donors (Lipinski definition) is 3. The molecule has 4 aromatic rings. The van der Waals surface area contributed by atoms with Gasteiger partial charge < -0.3 is 25.7 Å². The summed E-state index contributed by atoms with van der Waals surface area (Å²) in [4.78, 5) is 4.68. The molecule has 0 unspecified atom stereocenters. The minimum atomic E-state index is -4.75. The predicted octanol–water partition coefficient (Wildman–Crippen LogP) is 5.84. The third-order valence-electron chi connectivity index (χ3n) is 10.0. The lowest BCUT2D eigenvalue weighted by molar-refractivity contribution is -0.274. The van der Waals surface area contributed by atoms with E-state index in [-0.39, 0.29) is 5.75 Å². The minimum absolute atomic E-state index is 0.257. The normalized spacial score (nSPS) is 16.7. The Hall–Kier alpha value is -4.85. The van der Waals surface area contributed by atoms with Crippen LogP contribution < -0.4 is 21.1 Å². The highest BCUT2D eigenvalue weighted by atomic mass is 19.4. The van der Waals surface area contributed by atoms with Gasteiger partial charge in [0.15, 0.2) is 0 Å². The van der Waals surface area contributed by atoms with Crippen molar-refractivity contribution < 1.29 is 17.9 Å². The molecule has 3 heterocycles. The quantitative estimate of drug-likeness (QED) is 0.158. The van der Waals surface area contributed by atoms with Crippen LogP contribution in [0.5, 0.6) is 5.75 Å². The lowest BCUT2D eigenvalue weighted by Gasteiger charge is -2.36. The lowest BCUT2D eigenvalue weighted by atomic mass is 9.86. The lowest BCUT2D eigenvalue weighted by Crippen LogP contribution is -2.53. The van der Waals surface area contributed by atoms with Crippen molar-refractivity contribution >= 4 is 10.9 Å². The molecule has 4 N–H and O–H groups in total. The molecular weight excluding hydrogens is 653 g/mol. The van der Waals surface area contributed by atoms with E-state index in [1.54, 1.807) is 30.3 Å². The third-order valence-corrected chi connectivity index (χ3v) is 10.0. The van der Waals surface area contributed by atoms with Gasteiger partial charge in [0.25, 0.3) is 0 Å². The van der Waals surface area contributed by atoms with Gasteiger partial charge in [-0.2, -0.15) is 10.5 Å². The largest absolute Gasteiger partial charge is 0.573 e. The van der Waals surface area contributed by atoms with Crippen LogP contribution in [0.1, 0.15) is 41.5 Å². The number of nitriles is 2. The number of piperazine rings is 1. The summed E-state index contributed by atoms with van der Waals surface area (Å²) >= 11 is 0. The number of benzene rings is 3. The molecular formula is C39H43F3N8O. The number of rotatable bonds is 12. The first-order valence-corrected chi connectivity index (χ1v) is 17.3. The Morgan fingerprint density at radius 1 is 0.941 bits per heavy atom. The van der Waals surface area contributed by atoms with Crippen molar-refractivity contribution in [3.8, 4) is 29.0 Å². The highest BCUT2D eigenvalue weighted by Crippen LogP contribution is 2.34. The smallest absolute Gasteiger partial charge is 0.406 e. The molecule has 0 bridgehead atoms. The van der Waals surface area contributed by atoms with E-state index in [0.717, 1.165) is 110 Å². The first-order valence-electron chi connectivity index (χ1n) is 17.3. The number of hydrogen-bond acceptors (Lipinski definition) is 8. The Bertz CT molecular complexity index is 1890. The van der Waals surface area contributed by atoms with Crippen molar-refractivity contribution in [1.29, 1.82) is 10.5 Å². The Morgan fingerprint density at radius 3 is 2.22 bits per heavy atom. The van der Waals surface area contributed by atoms with Gasteiger partial charge in [0, 0.05) is 86.3 Å². The number of alkyl halides is 3. The SMILES string of the molecule is C=C(NCCCn1cc(-c2ccc(OC(F)(F)F)cc2)c2cc(CN3CCN(Cc4c(C#N)cccc4C#N)CC3)ccc21)C1(N)CCNCC1. The van der Waals surface area contributed by atoms with Gasteiger partial charge in [-0.1, -0.05) is 30.8 Å². The molecule has 0 saturated carbocycles. The molecule has 1 aromatic heterocycles. The zero-order valence-corrected chi connectivity index (χ0v) is 28.6. The van der Waals surface area contributed by atoms with Crippen LogP contribution in [0, 0.1) is 22.7 Å². The van der Waals surface area contributed by atoms with Crippen molar-refractivity contribution in [3.05, 3.63) is 101 Å². The number of ether oxygens (including phenoxy) is 1. The molecule has 3 aromatic carbocycles. The van der Waals surface area contributed by atoms with Crippen LogP contribution >= 0.6 is 0 Å². The number of aryl methyl sites for hydroxylation is 1. The van der Waals surface area contributed by atoms with Gasteiger partial charge in [-0.15, -0.1) is 13.2 Å². The number of aromatic nitrogens is 1. The monoisotopic (exact) mass is 696 g/mol. The van der Waals surface area contributed by atoms with Crippen molar-refractivity contribution in [1.82, 2.24) is 25.0 Å². The van der Waals surface area contributed by atoms with Gasteiger partial charge >= 0.3 is 6.36 Å². The fourth-order valence-corrected chi connectivity index (χ4v) is 7.09. The Morgan fingerprint density at radius 2 is 1.59 bits per heavy atom. The van der Waals surface area contributed by atoms with Crippen LogP contribution in [0.2, 0.25) is 0 Å². The van der Waals surface area contributed by atoms with E-state index in [0.29, 0.717) is 24.2 Å². The number of fused-ring (bicyclic) bond motifs is 1. The van der Waals surface area contributed by atoms with E-state index in [1.165, 1.54) is 12.1 Å². The second-order valence-electron chi connectivity index (χ2n) is 13.4. The number of nitrogens with zero attached hydrogens (tertiary/aromatic N) is 5. The second kappa shape index (κ2) is 15.6. The van der Waals surface area contributed by atoms with Crippen LogP contribution in [-0.4, -0.2) is 72.1 Å². The minimum Gasteiger partial charge on any atom is -0.406 e. The fraction of sp³-hybridized carbons (Fsp3) is 0.385. The maximum atomic E-state index is 12.8. The molecule has 51 heavy (non-hydrogen) atoms. The Kier molecular flexibility index (Phi) is 11.0. The molecule has 266 valence electrons. The van der Waals surface area contributed by atoms with Gasteiger partial charge in [-0.05, 0) is 79.9 Å². The van der Waals surface area contributed by atoms with Crippen LogP contribution in [0.25, 0.3) is 22.0 Å². The number of nitrogens with one attached hydrogen (secondary N) is 2. The average molecular weight is 697 g/mol. The first kappa shape index (κ1) is 36.0. The van der Waals surface area contributed by atoms with Crippen molar-refractivity contribution in [2.75, 3.05) is 45.8 Å². The number of nitrogens with two attached hydrogens (primary N) is 1. The summed E-state index contributed by atoms with van der Waals surface area (Å²) in [7, 11) is 0.